The SMILES string of the molecule is Cc1ccccc1CN1CCN(c2ccc(C(N)=O)cc2)CC1. The van der Waals surface area contributed by atoms with E-state index in [9.17, 15) is 4.79 Å². The molecule has 1 aliphatic rings. The highest BCUT2D eigenvalue weighted by Crippen LogP contribution is 2.19. The number of piperazine rings is 1. The van der Waals surface area contributed by atoms with Crippen molar-refractivity contribution in [1.29, 1.82) is 0 Å². The molecule has 120 valence electrons. The monoisotopic (exact) mass is 309 g/mol. The third-order valence-electron chi connectivity index (χ3n) is 4.54. The van der Waals surface area contributed by atoms with Crippen molar-refractivity contribution in [3.63, 3.8) is 0 Å². The maximum atomic E-state index is 11.1. The van der Waals surface area contributed by atoms with E-state index in [0.29, 0.717) is 5.56 Å². The van der Waals surface area contributed by atoms with Crippen molar-refractivity contribution in [2.24, 2.45) is 5.73 Å². The predicted molar refractivity (Wildman–Crippen MR) is 93.6 cm³/mol. The zero-order valence-electron chi connectivity index (χ0n) is 13.5. The topological polar surface area (TPSA) is 49.6 Å². The highest BCUT2D eigenvalue weighted by molar-refractivity contribution is 5.93. The zero-order chi connectivity index (χ0) is 16.2. The summed E-state index contributed by atoms with van der Waals surface area (Å²) in [6, 6.07) is 16.2. The van der Waals surface area contributed by atoms with Gasteiger partial charge in [-0.2, -0.15) is 0 Å². The third-order valence-corrected chi connectivity index (χ3v) is 4.54. The molecule has 4 nitrogen and oxygen atoms in total. The Morgan fingerprint density at radius 3 is 2.26 bits per heavy atom. The lowest BCUT2D eigenvalue weighted by Crippen LogP contribution is -2.46. The van der Waals surface area contributed by atoms with Crippen LogP contribution < -0.4 is 10.6 Å². The number of carbonyl (C=O) groups is 1. The van der Waals surface area contributed by atoms with Crippen LogP contribution in [0.1, 0.15) is 21.5 Å². The minimum atomic E-state index is -0.375. The Kier molecular flexibility index (Phi) is 4.63. The number of hydrogen-bond donors (Lipinski definition) is 1. The number of nitrogens with zero attached hydrogens (tertiary/aromatic N) is 2. The first-order valence-electron chi connectivity index (χ1n) is 8.05. The summed E-state index contributed by atoms with van der Waals surface area (Å²) < 4.78 is 0. The molecule has 1 aliphatic heterocycles. The van der Waals surface area contributed by atoms with E-state index >= 15 is 0 Å². The van der Waals surface area contributed by atoms with Crippen molar-refractivity contribution in [3.05, 3.63) is 65.2 Å². The van der Waals surface area contributed by atoms with E-state index in [2.05, 4.69) is 41.0 Å². The maximum Gasteiger partial charge on any atom is 0.248 e. The van der Waals surface area contributed by atoms with Crippen LogP contribution in [-0.2, 0) is 6.54 Å². The van der Waals surface area contributed by atoms with E-state index in [-0.39, 0.29) is 5.91 Å². The molecule has 0 aromatic heterocycles. The Bertz CT molecular complexity index is 673. The molecule has 0 saturated carbocycles. The molecule has 2 aromatic carbocycles. The molecule has 1 saturated heterocycles. The van der Waals surface area contributed by atoms with Crippen LogP contribution >= 0.6 is 0 Å². The Morgan fingerprint density at radius 1 is 1.00 bits per heavy atom. The summed E-state index contributed by atoms with van der Waals surface area (Å²) in [6.07, 6.45) is 0. The molecule has 4 heteroatoms. The number of nitrogens with two attached hydrogens (primary N) is 1. The van der Waals surface area contributed by atoms with E-state index in [1.165, 1.54) is 11.1 Å². The van der Waals surface area contributed by atoms with Gasteiger partial charge in [0.15, 0.2) is 0 Å². The molecule has 23 heavy (non-hydrogen) atoms. The fourth-order valence-corrected chi connectivity index (χ4v) is 3.03. The zero-order valence-corrected chi connectivity index (χ0v) is 13.5. The number of amides is 1. The van der Waals surface area contributed by atoms with Gasteiger partial charge in [-0.25, -0.2) is 0 Å². The van der Waals surface area contributed by atoms with Gasteiger partial charge in [0.2, 0.25) is 5.91 Å². The Hall–Kier alpha value is -2.33. The summed E-state index contributed by atoms with van der Waals surface area (Å²) in [5.41, 5.74) is 9.77. The highest BCUT2D eigenvalue weighted by Gasteiger charge is 2.17. The van der Waals surface area contributed by atoms with Gasteiger partial charge in [-0.15, -0.1) is 0 Å². The average Bonchev–Trinajstić information content (AvgIpc) is 2.58. The summed E-state index contributed by atoms with van der Waals surface area (Å²) in [5, 5.41) is 0. The molecule has 0 bridgehead atoms. The smallest absolute Gasteiger partial charge is 0.248 e. The molecule has 0 atom stereocenters. The van der Waals surface area contributed by atoms with E-state index in [4.69, 9.17) is 5.73 Å². The second-order valence-electron chi connectivity index (χ2n) is 6.10. The number of aryl methyl sites for hydroxylation is 1. The molecular weight excluding hydrogens is 286 g/mol. The van der Waals surface area contributed by atoms with Crippen LogP contribution in [0.4, 0.5) is 5.69 Å². The molecule has 1 heterocycles. The van der Waals surface area contributed by atoms with Crippen LogP contribution in [0.2, 0.25) is 0 Å². The van der Waals surface area contributed by atoms with Crippen LogP contribution in [-0.4, -0.2) is 37.0 Å². The summed E-state index contributed by atoms with van der Waals surface area (Å²) in [5.74, 6) is -0.375. The lowest BCUT2D eigenvalue weighted by Gasteiger charge is -2.36. The van der Waals surface area contributed by atoms with E-state index in [0.717, 1.165) is 38.4 Å². The van der Waals surface area contributed by atoms with Gasteiger partial charge in [-0.1, -0.05) is 24.3 Å². The van der Waals surface area contributed by atoms with Gasteiger partial charge in [0.05, 0.1) is 0 Å². The molecule has 0 unspecified atom stereocenters. The third kappa shape index (κ3) is 3.71. The predicted octanol–water partition coefficient (Wildman–Crippen LogP) is 2.42. The number of carbonyl (C=O) groups excluding carboxylic acids is 1. The first kappa shape index (κ1) is 15.6. The van der Waals surface area contributed by atoms with Crippen LogP contribution in [0.15, 0.2) is 48.5 Å². The lowest BCUT2D eigenvalue weighted by molar-refractivity contribution is 0.100. The quantitative estimate of drug-likeness (QED) is 0.943. The second-order valence-corrected chi connectivity index (χ2v) is 6.10. The van der Waals surface area contributed by atoms with E-state index < -0.39 is 0 Å². The number of rotatable bonds is 4. The van der Waals surface area contributed by atoms with Gasteiger partial charge in [0.25, 0.3) is 0 Å². The highest BCUT2D eigenvalue weighted by atomic mass is 16.1. The Balaban J connectivity index is 1.58. The number of benzene rings is 2. The molecule has 1 amide bonds. The average molecular weight is 309 g/mol. The van der Waals surface area contributed by atoms with E-state index in [1.54, 1.807) is 12.1 Å². The van der Waals surface area contributed by atoms with Crippen molar-refractivity contribution >= 4 is 11.6 Å². The number of anilines is 1. The molecule has 1 fully saturated rings. The molecule has 0 spiro atoms. The first-order valence-corrected chi connectivity index (χ1v) is 8.05. The van der Waals surface area contributed by atoms with E-state index in [1.807, 2.05) is 12.1 Å². The van der Waals surface area contributed by atoms with Crippen LogP contribution in [0.5, 0.6) is 0 Å². The van der Waals surface area contributed by atoms with Gasteiger partial charge >= 0.3 is 0 Å². The summed E-state index contributed by atoms with van der Waals surface area (Å²) in [4.78, 5) is 16.0. The van der Waals surface area contributed by atoms with Gasteiger partial charge in [0.1, 0.15) is 0 Å². The first-order chi connectivity index (χ1) is 11.1. The van der Waals surface area contributed by atoms with Gasteiger partial charge in [-0.3, -0.25) is 9.69 Å². The molecule has 2 aromatic rings. The summed E-state index contributed by atoms with van der Waals surface area (Å²) >= 11 is 0. The summed E-state index contributed by atoms with van der Waals surface area (Å²) in [6.45, 7) is 7.29. The van der Waals surface area contributed by atoms with Gasteiger partial charge < -0.3 is 10.6 Å². The van der Waals surface area contributed by atoms with Crippen molar-refractivity contribution in [2.75, 3.05) is 31.1 Å². The van der Waals surface area contributed by atoms with Crippen LogP contribution in [0.25, 0.3) is 0 Å². The van der Waals surface area contributed by atoms with Gasteiger partial charge in [-0.05, 0) is 42.3 Å². The van der Waals surface area contributed by atoms with Crippen LogP contribution in [0, 0.1) is 6.92 Å². The number of primary amides is 1. The molecule has 2 N–H and O–H groups in total. The molecule has 0 aliphatic carbocycles. The van der Waals surface area contributed by atoms with Crippen molar-refractivity contribution in [3.8, 4) is 0 Å². The van der Waals surface area contributed by atoms with Crippen LogP contribution in [0.3, 0.4) is 0 Å². The largest absolute Gasteiger partial charge is 0.369 e. The Morgan fingerprint density at radius 2 is 1.65 bits per heavy atom. The summed E-state index contributed by atoms with van der Waals surface area (Å²) in [7, 11) is 0. The second kappa shape index (κ2) is 6.84. The molecule has 0 radical (unpaired) electrons. The van der Waals surface area contributed by atoms with Crippen molar-refractivity contribution < 1.29 is 4.79 Å². The number of hydrogen-bond acceptors (Lipinski definition) is 3. The maximum absolute atomic E-state index is 11.1. The standard InChI is InChI=1S/C19H23N3O/c1-15-4-2-3-5-17(15)14-21-10-12-22(13-11-21)18-8-6-16(7-9-18)19(20)23/h2-9H,10-14H2,1H3,(H2,20,23). The lowest BCUT2D eigenvalue weighted by atomic mass is 10.1. The van der Waals surface area contributed by atoms with Crippen molar-refractivity contribution in [2.45, 2.75) is 13.5 Å². The van der Waals surface area contributed by atoms with Gasteiger partial charge in [0, 0.05) is 44.0 Å². The molecule has 3 rings (SSSR count). The minimum absolute atomic E-state index is 0.375. The van der Waals surface area contributed by atoms with Crippen molar-refractivity contribution in [1.82, 2.24) is 4.90 Å². The molecular formula is C19H23N3O. The normalized spacial score (nSPS) is 15.6. The fraction of sp³-hybridized carbons (Fsp3) is 0.316. The Labute approximate surface area is 137 Å². The minimum Gasteiger partial charge on any atom is -0.369 e. The fourth-order valence-electron chi connectivity index (χ4n) is 3.03.